The fraction of sp³-hybridized carbons (Fsp3) is 1.00. The van der Waals surface area contributed by atoms with Crippen molar-refractivity contribution in [3.63, 3.8) is 0 Å². The topological polar surface area (TPSA) is 35.1 Å². The highest BCUT2D eigenvalue weighted by atomic mass is 19.1. The lowest BCUT2D eigenvalue weighted by Crippen LogP contribution is -2.66. The molecule has 0 spiro atoms. The summed E-state index contributed by atoms with van der Waals surface area (Å²) in [6.45, 7) is 3.12. The van der Waals surface area contributed by atoms with Gasteiger partial charge in [0, 0.05) is 6.54 Å². The molecule has 1 aliphatic rings. The van der Waals surface area contributed by atoms with Crippen LogP contribution < -0.4 is 5.43 Å². The number of alkyl halides is 1. The molecular formula is C8H17FN2O. The van der Waals surface area contributed by atoms with Gasteiger partial charge in [0.2, 0.25) is 0 Å². The van der Waals surface area contributed by atoms with E-state index in [-0.39, 0.29) is 0 Å². The van der Waals surface area contributed by atoms with E-state index in [1.807, 2.05) is 0 Å². The molecule has 1 rings (SSSR count). The molecular weight excluding hydrogens is 159 g/mol. The fourth-order valence-electron chi connectivity index (χ4n) is 1.28. The lowest BCUT2D eigenvalue weighted by atomic mass is 10.2. The first kappa shape index (κ1) is 9.89. The zero-order valence-corrected chi connectivity index (χ0v) is 7.55. The van der Waals surface area contributed by atoms with Crippen LogP contribution in [0, 0.1) is 5.21 Å². The molecule has 0 aromatic heterocycles. The summed E-state index contributed by atoms with van der Waals surface area (Å²) in [5.41, 5.74) is 2.69. The number of unbranched alkanes of at least 4 members (excludes halogenated alkanes) is 2. The lowest BCUT2D eigenvalue weighted by molar-refractivity contribution is -1.000. The molecule has 0 aromatic carbocycles. The Kier molecular flexibility index (Phi) is 3.43. The molecule has 0 radical (unpaired) electrons. The molecule has 0 aliphatic carbocycles. The maximum Gasteiger partial charge on any atom is 0.254 e. The summed E-state index contributed by atoms with van der Waals surface area (Å²) in [4.78, 5) is 0. The molecule has 12 heavy (non-hydrogen) atoms. The quantitative estimate of drug-likeness (QED) is 0.299. The summed E-state index contributed by atoms with van der Waals surface area (Å²) in [6, 6.07) is 0. The van der Waals surface area contributed by atoms with E-state index in [1.165, 1.54) is 0 Å². The van der Waals surface area contributed by atoms with Gasteiger partial charge in [0.1, 0.15) is 6.54 Å². The Morgan fingerprint density at radius 3 is 2.75 bits per heavy atom. The van der Waals surface area contributed by atoms with E-state index in [0.29, 0.717) is 19.5 Å². The van der Waals surface area contributed by atoms with Crippen molar-refractivity contribution < 1.29 is 9.15 Å². The monoisotopic (exact) mass is 176 g/mol. The summed E-state index contributed by atoms with van der Waals surface area (Å²) in [5.74, 6) is 0. The molecule has 4 heteroatoms. The van der Waals surface area contributed by atoms with E-state index in [2.05, 4.69) is 12.3 Å². The Bertz CT molecular complexity index is 145. The number of nitrogens with one attached hydrogen (secondary N) is 1. The second-order valence-corrected chi connectivity index (χ2v) is 3.36. The first-order chi connectivity index (χ1) is 5.69. The van der Waals surface area contributed by atoms with E-state index in [9.17, 15) is 9.60 Å². The van der Waals surface area contributed by atoms with Gasteiger partial charge in [0.15, 0.2) is 0 Å². The van der Waals surface area contributed by atoms with Crippen LogP contribution in [0.15, 0.2) is 0 Å². The van der Waals surface area contributed by atoms with Gasteiger partial charge in [-0.1, -0.05) is 19.8 Å². The lowest BCUT2D eigenvalue weighted by Gasteiger charge is -2.50. The Morgan fingerprint density at radius 1 is 1.58 bits per heavy atom. The van der Waals surface area contributed by atoms with E-state index < -0.39 is 11.1 Å². The van der Waals surface area contributed by atoms with Crippen LogP contribution in [0.3, 0.4) is 0 Å². The predicted molar refractivity (Wildman–Crippen MR) is 45.5 cm³/mol. The Labute approximate surface area is 72.7 Å². The van der Waals surface area contributed by atoms with Gasteiger partial charge in [-0.15, -0.1) is 0 Å². The van der Waals surface area contributed by atoms with Crippen LogP contribution in [0.1, 0.15) is 32.6 Å². The van der Waals surface area contributed by atoms with E-state index in [0.717, 1.165) is 19.3 Å². The standard InChI is InChI=1S/C8H17FN2O/c1-2-3-4-6-10-11(12)7-5-8(11)9/h8,10H,2-7H2,1H3. The van der Waals surface area contributed by atoms with Gasteiger partial charge in [-0.3, -0.25) is 4.76 Å². The third-order valence-corrected chi connectivity index (χ3v) is 2.31. The minimum atomic E-state index is -1.23. The summed E-state index contributed by atoms with van der Waals surface area (Å²) in [7, 11) is 0. The molecule has 72 valence electrons. The van der Waals surface area contributed by atoms with Crippen LogP contribution in [0.5, 0.6) is 0 Å². The second-order valence-electron chi connectivity index (χ2n) is 3.36. The molecule has 1 fully saturated rings. The van der Waals surface area contributed by atoms with Crippen LogP contribution in [0.4, 0.5) is 4.39 Å². The number of hydrogen-bond acceptors (Lipinski definition) is 2. The van der Waals surface area contributed by atoms with Gasteiger partial charge >= 0.3 is 0 Å². The second kappa shape index (κ2) is 4.16. The zero-order valence-electron chi connectivity index (χ0n) is 7.55. The third kappa shape index (κ3) is 2.15. The van der Waals surface area contributed by atoms with Crippen LogP contribution in [-0.4, -0.2) is 24.1 Å². The van der Waals surface area contributed by atoms with Crippen LogP contribution in [0.2, 0.25) is 0 Å². The van der Waals surface area contributed by atoms with Gasteiger partial charge in [0.25, 0.3) is 6.30 Å². The maximum atomic E-state index is 12.7. The molecule has 0 amide bonds. The summed E-state index contributed by atoms with van der Waals surface area (Å²) >= 11 is 0. The van der Waals surface area contributed by atoms with Crippen molar-refractivity contribution in [2.45, 2.75) is 38.9 Å². The Hall–Kier alpha value is -0.190. The average Bonchev–Trinajstić information content (AvgIpc) is 2.09. The number of hydroxylamine groups is 2. The van der Waals surface area contributed by atoms with Gasteiger partial charge in [0.05, 0.1) is 6.42 Å². The largest absolute Gasteiger partial charge is 0.609 e. The van der Waals surface area contributed by atoms with Gasteiger partial charge in [-0.2, -0.15) is 9.82 Å². The van der Waals surface area contributed by atoms with Crippen molar-refractivity contribution >= 4 is 0 Å². The SMILES string of the molecule is CCCCCN[N+]1([O-])CCC1F. The highest BCUT2D eigenvalue weighted by Crippen LogP contribution is 2.24. The van der Waals surface area contributed by atoms with Gasteiger partial charge in [-0.25, -0.2) is 0 Å². The van der Waals surface area contributed by atoms with E-state index in [1.54, 1.807) is 0 Å². The number of halogens is 1. The third-order valence-electron chi connectivity index (χ3n) is 2.31. The Balaban J connectivity index is 2.06. The first-order valence-electron chi connectivity index (χ1n) is 4.67. The molecule has 1 N–H and O–H groups in total. The summed E-state index contributed by atoms with van der Waals surface area (Å²) in [5, 5.41) is 11.3. The molecule has 1 heterocycles. The van der Waals surface area contributed by atoms with Crippen molar-refractivity contribution in [2.75, 3.05) is 13.1 Å². The van der Waals surface area contributed by atoms with Crippen LogP contribution in [0.25, 0.3) is 0 Å². The first-order valence-corrected chi connectivity index (χ1v) is 4.67. The zero-order chi connectivity index (χ0) is 9.03. The minimum absolute atomic E-state index is 0.382. The van der Waals surface area contributed by atoms with Gasteiger partial charge < -0.3 is 5.21 Å². The highest BCUT2D eigenvalue weighted by Gasteiger charge is 2.39. The minimum Gasteiger partial charge on any atom is -0.609 e. The molecule has 2 atom stereocenters. The van der Waals surface area contributed by atoms with Crippen molar-refractivity contribution in [3.05, 3.63) is 5.21 Å². The highest BCUT2D eigenvalue weighted by molar-refractivity contribution is 4.58. The van der Waals surface area contributed by atoms with Crippen molar-refractivity contribution in [1.29, 1.82) is 0 Å². The molecule has 3 nitrogen and oxygen atoms in total. The molecule has 0 bridgehead atoms. The average molecular weight is 176 g/mol. The molecule has 1 aliphatic heterocycles. The summed E-state index contributed by atoms with van der Waals surface area (Å²) in [6.07, 6.45) is 2.37. The fourth-order valence-corrected chi connectivity index (χ4v) is 1.28. The number of quaternary nitrogens is 1. The van der Waals surface area contributed by atoms with Crippen molar-refractivity contribution in [1.82, 2.24) is 5.43 Å². The van der Waals surface area contributed by atoms with E-state index in [4.69, 9.17) is 0 Å². The number of hydrogen-bond donors (Lipinski definition) is 1. The normalized spacial score (nSPS) is 34.8. The van der Waals surface area contributed by atoms with Crippen LogP contribution >= 0.6 is 0 Å². The number of nitrogens with zero attached hydrogens (tertiary/aromatic N) is 1. The molecule has 0 saturated carbocycles. The van der Waals surface area contributed by atoms with E-state index >= 15 is 0 Å². The van der Waals surface area contributed by atoms with Crippen molar-refractivity contribution in [2.24, 2.45) is 0 Å². The maximum absolute atomic E-state index is 12.7. The molecule has 1 saturated heterocycles. The summed E-state index contributed by atoms with van der Waals surface area (Å²) < 4.78 is 11.9. The molecule has 2 unspecified atom stereocenters. The van der Waals surface area contributed by atoms with Crippen LogP contribution in [-0.2, 0) is 0 Å². The Morgan fingerprint density at radius 2 is 2.33 bits per heavy atom. The van der Waals surface area contributed by atoms with Gasteiger partial charge in [-0.05, 0) is 6.42 Å². The smallest absolute Gasteiger partial charge is 0.254 e. The predicted octanol–water partition coefficient (Wildman–Crippen LogP) is 1.70. The number of rotatable bonds is 5. The molecule has 0 aromatic rings. The van der Waals surface area contributed by atoms with Crippen molar-refractivity contribution in [3.8, 4) is 0 Å².